The Kier molecular flexibility index (Phi) is 17.6. The van der Waals surface area contributed by atoms with Gasteiger partial charge in [0.2, 0.25) is 0 Å². The maximum absolute atomic E-state index is 11.3. The molecule has 0 atom stereocenters. The van der Waals surface area contributed by atoms with E-state index in [1.807, 2.05) is 0 Å². The van der Waals surface area contributed by atoms with Gasteiger partial charge in [0.1, 0.15) is 0 Å². The van der Waals surface area contributed by atoms with Gasteiger partial charge < -0.3 is 4.74 Å². The minimum absolute atomic E-state index is 0.0628. The summed E-state index contributed by atoms with van der Waals surface area (Å²) in [6.07, 6.45) is 16.8. The van der Waals surface area contributed by atoms with Gasteiger partial charge in [-0.05, 0) is 19.3 Å². The molecule has 126 valence electrons. The van der Waals surface area contributed by atoms with Crippen molar-refractivity contribution < 1.29 is 9.53 Å². The lowest BCUT2D eigenvalue weighted by Crippen LogP contribution is -2.05. The van der Waals surface area contributed by atoms with E-state index in [1.54, 1.807) is 0 Å². The van der Waals surface area contributed by atoms with Crippen LogP contribution in [0, 0.1) is 0 Å². The highest BCUT2D eigenvalue weighted by Gasteiger charge is 2.01. The fourth-order valence-electron chi connectivity index (χ4n) is 2.39. The number of alkyl halides is 1. The number of hydrogen-bond acceptors (Lipinski definition) is 2. The second-order valence-electron chi connectivity index (χ2n) is 5.90. The van der Waals surface area contributed by atoms with Crippen LogP contribution < -0.4 is 0 Å². The molecule has 2 nitrogen and oxygen atoms in total. The molecule has 0 radical (unpaired) electrons. The molecule has 3 heteroatoms. The molecule has 0 unspecified atom stereocenters. The van der Waals surface area contributed by atoms with Gasteiger partial charge in [-0.15, -0.1) is 11.6 Å². The molecule has 0 bridgehead atoms. The van der Waals surface area contributed by atoms with Gasteiger partial charge in [-0.25, -0.2) is 0 Å². The topological polar surface area (TPSA) is 26.3 Å². The fraction of sp³-hybridized carbons (Fsp3) is 0.944. The van der Waals surface area contributed by atoms with Crippen LogP contribution in [0.5, 0.6) is 0 Å². The summed E-state index contributed by atoms with van der Waals surface area (Å²) >= 11 is 5.56. The predicted molar refractivity (Wildman–Crippen MR) is 92.0 cm³/mol. The van der Waals surface area contributed by atoms with Crippen molar-refractivity contribution in [3.63, 3.8) is 0 Å². The molecule has 0 aromatic carbocycles. The first-order valence-electron chi connectivity index (χ1n) is 9.02. The van der Waals surface area contributed by atoms with Gasteiger partial charge in [-0.1, -0.05) is 71.1 Å². The zero-order chi connectivity index (χ0) is 15.6. The summed E-state index contributed by atoms with van der Waals surface area (Å²) in [5.74, 6) is 0.568. The first kappa shape index (κ1) is 20.8. The summed E-state index contributed by atoms with van der Waals surface area (Å²) in [5.41, 5.74) is 0. The van der Waals surface area contributed by atoms with Gasteiger partial charge in [0.05, 0.1) is 6.61 Å². The van der Waals surface area contributed by atoms with Crippen LogP contribution in [-0.4, -0.2) is 18.5 Å². The number of carbonyl (C=O) groups excluding carboxylic acids is 1. The summed E-state index contributed by atoms with van der Waals surface area (Å²) in [4.78, 5) is 11.3. The van der Waals surface area contributed by atoms with Gasteiger partial charge in [0, 0.05) is 12.3 Å². The fourth-order valence-corrected chi connectivity index (χ4v) is 2.58. The van der Waals surface area contributed by atoms with Crippen molar-refractivity contribution in [3.8, 4) is 0 Å². The van der Waals surface area contributed by atoms with E-state index in [4.69, 9.17) is 16.3 Å². The smallest absolute Gasteiger partial charge is 0.305 e. The van der Waals surface area contributed by atoms with E-state index in [0.717, 1.165) is 19.3 Å². The van der Waals surface area contributed by atoms with Crippen molar-refractivity contribution in [2.45, 2.75) is 96.8 Å². The van der Waals surface area contributed by atoms with Crippen molar-refractivity contribution in [2.24, 2.45) is 0 Å². The highest BCUT2D eigenvalue weighted by Crippen LogP contribution is 2.11. The Morgan fingerprint density at radius 2 is 1.29 bits per heavy atom. The predicted octanol–water partition coefficient (Wildman–Crippen LogP) is 6.25. The van der Waals surface area contributed by atoms with Gasteiger partial charge in [-0.3, -0.25) is 4.79 Å². The molecule has 0 N–H and O–H groups in total. The van der Waals surface area contributed by atoms with Crippen molar-refractivity contribution in [3.05, 3.63) is 0 Å². The quantitative estimate of drug-likeness (QED) is 0.191. The molecule has 0 aromatic heterocycles. The molecular weight excluding hydrogens is 284 g/mol. The number of hydrogen-bond donors (Lipinski definition) is 0. The van der Waals surface area contributed by atoms with E-state index >= 15 is 0 Å². The highest BCUT2D eigenvalue weighted by molar-refractivity contribution is 6.17. The molecule has 21 heavy (non-hydrogen) atoms. The number of esters is 1. The number of rotatable bonds is 16. The Balaban J connectivity index is 3.06. The molecule has 0 aromatic rings. The average molecular weight is 319 g/mol. The second kappa shape index (κ2) is 17.8. The summed E-state index contributed by atoms with van der Waals surface area (Å²) in [6.45, 7) is 2.86. The lowest BCUT2D eigenvalue weighted by molar-refractivity contribution is -0.143. The third-order valence-corrected chi connectivity index (χ3v) is 4.04. The summed E-state index contributed by atoms with van der Waals surface area (Å²) in [5, 5.41) is 0. The Morgan fingerprint density at radius 1 is 0.762 bits per heavy atom. The van der Waals surface area contributed by atoms with Crippen molar-refractivity contribution in [2.75, 3.05) is 12.5 Å². The van der Waals surface area contributed by atoms with E-state index in [-0.39, 0.29) is 5.97 Å². The standard InChI is InChI=1S/C18H35ClO2/c1-2-3-4-5-6-7-8-9-10-11-14-17-21-18(20)15-12-13-16-19/h2-17H2,1H3. The maximum atomic E-state index is 11.3. The van der Waals surface area contributed by atoms with E-state index in [0.29, 0.717) is 18.9 Å². The monoisotopic (exact) mass is 318 g/mol. The Morgan fingerprint density at radius 3 is 1.81 bits per heavy atom. The molecule has 0 fully saturated rings. The van der Waals surface area contributed by atoms with Crippen LogP contribution in [-0.2, 0) is 9.53 Å². The second-order valence-corrected chi connectivity index (χ2v) is 6.28. The number of carbonyl (C=O) groups is 1. The van der Waals surface area contributed by atoms with Crippen molar-refractivity contribution >= 4 is 17.6 Å². The first-order valence-corrected chi connectivity index (χ1v) is 9.56. The minimum Gasteiger partial charge on any atom is -0.466 e. The highest BCUT2D eigenvalue weighted by atomic mass is 35.5. The average Bonchev–Trinajstić information content (AvgIpc) is 2.48. The number of halogens is 1. The zero-order valence-corrected chi connectivity index (χ0v) is 14.8. The van der Waals surface area contributed by atoms with Crippen LogP contribution in [0.25, 0.3) is 0 Å². The Bertz CT molecular complexity index is 219. The molecule has 0 amide bonds. The third kappa shape index (κ3) is 17.7. The van der Waals surface area contributed by atoms with E-state index in [9.17, 15) is 4.79 Å². The van der Waals surface area contributed by atoms with Gasteiger partial charge in [0.25, 0.3) is 0 Å². The molecule has 0 saturated heterocycles. The van der Waals surface area contributed by atoms with Crippen molar-refractivity contribution in [1.29, 1.82) is 0 Å². The number of ether oxygens (including phenoxy) is 1. The molecule has 0 aliphatic heterocycles. The van der Waals surface area contributed by atoms with E-state index in [1.165, 1.54) is 64.2 Å². The largest absolute Gasteiger partial charge is 0.466 e. The van der Waals surface area contributed by atoms with Gasteiger partial charge in [-0.2, -0.15) is 0 Å². The van der Waals surface area contributed by atoms with Crippen LogP contribution in [0.1, 0.15) is 96.8 Å². The summed E-state index contributed by atoms with van der Waals surface area (Å²) in [7, 11) is 0. The molecule has 0 rings (SSSR count). The normalized spacial score (nSPS) is 10.8. The maximum Gasteiger partial charge on any atom is 0.305 e. The lowest BCUT2D eigenvalue weighted by atomic mass is 10.1. The molecule has 0 heterocycles. The lowest BCUT2D eigenvalue weighted by Gasteiger charge is -2.05. The third-order valence-electron chi connectivity index (χ3n) is 3.78. The zero-order valence-electron chi connectivity index (χ0n) is 14.0. The SMILES string of the molecule is CCCCCCCCCCCCCOC(=O)CCCCCl. The van der Waals surface area contributed by atoms with Crippen LogP contribution in [0.15, 0.2) is 0 Å². The van der Waals surface area contributed by atoms with Crippen LogP contribution >= 0.6 is 11.6 Å². The molecular formula is C18H35ClO2. The van der Waals surface area contributed by atoms with Crippen LogP contribution in [0.4, 0.5) is 0 Å². The first-order chi connectivity index (χ1) is 10.3. The molecule has 0 aliphatic rings. The minimum atomic E-state index is -0.0628. The number of unbranched alkanes of at least 4 members (excludes halogenated alkanes) is 11. The van der Waals surface area contributed by atoms with Crippen LogP contribution in [0.3, 0.4) is 0 Å². The summed E-state index contributed by atoms with van der Waals surface area (Å²) in [6, 6.07) is 0. The molecule has 0 saturated carbocycles. The van der Waals surface area contributed by atoms with Crippen LogP contribution in [0.2, 0.25) is 0 Å². The van der Waals surface area contributed by atoms with E-state index in [2.05, 4.69) is 6.92 Å². The van der Waals surface area contributed by atoms with Gasteiger partial charge >= 0.3 is 5.97 Å². The Labute approximate surface area is 137 Å². The molecule has 0 spiro atoms. The Hall–Kier alpha value is -0.240. The molecule has 0 aliphatic carbocycles. The van der Waals surface area contributed by atoms with Crippen molar-refractivity contribution in [1.82, 2.24) is 0 Å². The summed E-state index contributed by atoms with van der Waals surface area (Å²) < 4.78 is 5.19. The van der Waals surface area contributed by atoms with E-state index < -0.39 is 0 Å². The van der Waals surface area contributed by atoms with Gasteiger partial charge in [0.15, 0.2) is 0 Å².